The van der Waals surface area contributed by atoms with Gasteiger partial charge in [-0.25, -0.2) is 8.78 Å². The summed E-state index contributed by atoms with van der Waals surface area (Å²) in [6.07, 6.45) is 3.14. The van der Waals surface area contributed by atoms with Gasteiger partial charge in [-0.1, -0.05) is 13.0 Å². The Kier molecular flexibility index (Phi) is 5.89. The number of nitrogens with zero attached hydrogens (tertiary/aromatic N) is 2. The zero-order chi connectivity index (χ0) is 17.8. The fourth-order valence-electron chi connectivity index (χ4n) is 3.75. The van der Waals surface area contributed by atoms with E-state index in [0.29, 0.717) is 6.04 Å². The van der Waals surface area contributed by atoms with Gasteiger partial charge in [0.25, 0.3) is 0 Å². The lowest BCUT2D eigenvalue weighted by Gasteiger charge is -2.21. The third-order valence-electron chi connectivity index (χ3n) is 5.19. The van der Waals surface area contributed by atoms with Gasteiger partial charge >= 0.3 is 0 Å². The third-order valence-corrected chi connectivity index (χ3v) is 5.19. The number of guanidine groups is 1. The second-order valence-corrected chi connectivity index (χ2v) is 6.87. The van der Waals surface area contributed by atoms with Gasteiger partial charge in [-0.2, -0.15) is 0 Å². The van der Waals surface area contributed by atoms with Crippen molar-refractivity contribution in [2.45, 2.75) is 51.1 Å². The van der Waals surface area contributed by atoms with E-state index in [9.17, 15) is 8.78 Å². The van der Waals surface area contributed by atoms with Gasteiger partial charge in [0.05, 0.1) is 6.54 Å². The molecule has 1 aromatic rings. The number of rotatable bonds is 6. The van der Waals surface area contributed by atoms with Gasteiger partial charge in [-0.3, -0.25) is 9.89 Å². The molecule has 1 aliphatic heterocycles. The third kappa shape index (κ3) is 4.29. The van der Waals surface area contributed by atoms with Gasteiger partial charge in [0.15, 0.2) is 5.96 Å². The molecule has 1 heterocycles. The second kappa shape index (κ2) is 8.13. The number of benzene rings is 1. The monoisotopic (exact) mass is 350 g/mol. The Morgan fingerprint density at radius 2 is 2.04 bits per heavy atom. The zero-order valence-electron chi connectivity index (χ0n) is 15.1. The summed E-state index contributed by atoms with van der Waals surface area (Å²) < 4.78 is 27.8. The number of hydrogen-bond acceptors (Lipinski definition) is 2. The van der Waals surface area contributed by atoms with Crippen LogP contribution in [0.2, 0.25) is 0 Å². The summed E-state index contributed by atoms with van der Waals surface area (Å²) in [5, 5.41) is 6.58. The van der Waals surface area contributed by atoms with Crippen LogP contribution in [-0.2, 0) is 0 Å². The van der Waals surface area contributed by atoms with Gasteiger partial charge in [-0.15, -0.1) is 0 Å². The Labute approximate surface area is 148 Å². The van der Waals surface area contributed by atoms with Gasteiger partial charge in [0.2, 0.25) is 0 Å². The van der Waals surface area contributed by atoms with Crippen molar-refractivity contribution in [3.05, 3.63) is 35.4 Å². The van der Waals surface area contributed by atoms with Crippen molar-refractivity contribution in [1.82, 2.24) is 15.5 Å². The predicted molar refractivity (Wildman–Crippen MR) is 96.9 cm³/mol. The first kappa shape index (κ1) is 18.1. The van der Waals surface area contributed by atoms with Crippen LogP contribution >= 0.6 is 0 Å². The lowest BCUT2D eigenvalue weighted by Crippen LogP contribution is -2.40. The number of hydrogen-bond donors (Lipinski definition) is 2. The Balaban J connectivity index is 1.60. The molecule has 25 heavy (non-hydrogen) atoms. The summed E-state index contributed by atoms with van der Waals surface area (Å²) in [5.74, 6) is -0.292. The maximum Gasteiger partial charge on any atom is 0.191 e. The highest BCUT2D eigenvalue weighted by Crippen LogP contribution is 2.43. The maximum absolute atomic E-state index is 13.9. The highest BCUT2D eigenvalue weighted by molar-refractivity contribution is 5.80. The van der Waals surface area contributed by atoms with Crippen molar-refractivity contribution in [1.29, 1.82) is 0 Å². The lowest BCUT2D eigenvalue weighted by molar-refractivity contribution is 0.273. The Hall–Kier alpha value is -1.69. The van der Waals surface area contributed by atoms with Crippen LogP contribution in [0.25, 0.3) is 0 Å². The first-order chi connectivity index (χ1) is 12.1. The quantitative estimate of drug-likeness (QED) is 0.612. The molecule has 0 bridgehead atoms. The van der Waals surface area contributed by atoms with Crippen molar-refractivity contribution in [3.63, 3.8) is 0 Å². The van der Waals surface area contributed by atoms with E-state index in [-0.39, 0.29) is 17.5 Å². The molecule has 0 amide bonds. The van der Waals surface area contributed by atoms with Crippen LogP contribution < -0.4 is 10.6 Å². The van der Waals surface area contributed by atoms with E-state index in [1.165, 1.54) is 31.0 Å². The van der Waals surface area contributed by atoms with E-state index in [0.717, 1.165) is 38.6 Å². The molecule has 3 atom stereocenters. The molecule has 1 saturated carbocycles. The molecule has 0 spiro atoms. The van der Waals surface area contributed by atoms with E-state index in [4.69, 9.17) is 4.99 Å². The molecule has 1 aliphatic carbocycles. The van der Waals surface area contributed by atoms with Gasteiger partial charge in [-0.05, 0) is 51.4 Å². The molecule has 3 unspecified atom stereocenters. The minimum Gasteiger partial charge on any atom is -0.357 e. The van der Waals surface area contributed by atoms with Crippen LogP contribution in [0.1, 0.15) is 44.6 Å². The van der Waals surface area contributed by atoms with Gasteiger partial charge < -0.3 is 10.6 Å². The van der Waals surface area contributed by atoms with Crippen LogP contribution in [-0.4, -0.2) is 49.1 Å². The zero-order valence-corrected chi connectivity index (χ0v) is 15.1. The molecular formula is C19H28F2N4. The van der Waals surface area contributed by atoms with E-state index in [2.05, 4.69) is 22.5 Å². The van der Waals surface area contributed by atoms with Crippen molar-refractivity contribution in [3.8, 4) is 0 Å². The molecule has 2 aliphatic rings. The minimum atomic E-state index is -0.458. The van der Waals surface area contributed by atoms with E-state index in [1.54, 1.807) is 0 Å². The van der Waals surface area contributed by atoms with Crippen molar-refractivity contribution >= 4 is 5.96 Å². The summed E-state index contributed by atoms with van der Waals surface area (Å²) in [6.45, 7) is 7.93. The van der Waals surface area contributed by atoms with Crippen LogP contribution in [0.4, 0.5) is 8.78 Å². The molecule has 3 rings (SSSR count). The molecular weight excluding hydrogens is 322 g/mol. The second-order valence-electron chi connectivity index (χ2n) is 6.87. The fraction of sp³-hybridized carbons (Fsp3) is 0.632. The van der Waals surface area contributed by atoms with Crippen LogP contribution in [0, 0.1) is 11.6 Å². The van der Waals surface area contributed by atoms with Crippen molar-refractivity contribution < 1.29 is 8.78 Å². The average molecular weight is 350 g/mol. The van der Waals surface area contributed by atoms with Gasteiger partial charge in [0, 0.05) is 30.1 Å². The Bertz CT molecular complexity index is 599. The molecule has 138 valence electrons. The van der Waals surface area contributed by atoms with E-state index >= 15 is 0 Å². The van der Waals surface area contributed by atoms with Crippen LogP contribution in [0.15, 0.2) is 23.2 Å². The number of halogens is 2. The Morgan fingerprint density at radius 3 is 2.72 bits per heavy atom. The maximum atomic E-state index is 13.9. The minimum absolute atomic E-state index is 0.0371. The van der Waals surface area contributed by atoms with E-state index in [1.807, 2.05) is 6.92 Å². The summed E-state index contributed by atoms with van der Waals surface area (Å²) in [4.78, 5) is 7.17. The highest BCUT2D eigenvalue weighted by atomic mass is 19.1. The molecule has 4 nitrogen and oxygen atoms in total. The molecule has 2 fully saturated rings. The normalized spacial score (nSPS) is 26.7. The summed E-state index contributed by atoms with van der Waals surface area (Å²) >= 11 is 0. The number of likely N-dealkylation sites (N-methyl/N-ethyl adjacent to an activating group) is 1. The molecule has 0 aromatic heterocycles. The first-order valence-electron chi connectivity index (χ1n) is 9.36. The van der Waals surface area contributed by atoms with Crippen molar-refractivity contribution in [2.75, 3.05) is 26.2 Å². The number of aliphatic imine (C=N–C) groups is 1. The summed E-state index contributed by atoms with van der Waals surface area (Å²) in [6, 6.07) is 4.60. The standard InChI is InChI=1S/C19H28F2N4/c1-3-22-19(23-12-13-7-6-10-25(13)4-2)24-17-11-14(17)18-15(20)8-5-9-16(18)21/h5,8-9,13-14,17H,3-4,6-7,10-12H2,1-2H3,(H2,22,23,24). The highest BCUT2D eigenvalue weighted by Gasteiger charge is 2.42. The average Bonchev–Trinajstić information content (AvgIpc) is 3.17. The summed E-state index contributed by atoms with van der Waals surface area (Å²) in [5.41, 5.74) is 0.198. The van der Waals surface area contributed by atoms with E-state index < -0.39 is 11.6 Å². The molecule has 2 N–H and O–H groups in total. The van der Waals surface area contributed by atoms with Gasteiger partial charge in [0.1, 0.15) is 11.6 Å². The molecule has 1 aromatic carbocycles. The molecule has 1 saturated heterocycles. The lowest BCUT2D eigenvalue weighted by atomic mass is 10.1. The number of likely N-dealkylation sites (tertiary alicyclic amines) is 1. The first-order valence-corrected chi connectivity index (χ1v) is 9.36. The Morgan fingerprint density at radius 1 is 1.28 bits per heavy atom. The summed E-state index contributed by atoms with van der Waals surface area (Å²) in [7, 11) is 0. The topological polar surface area (TPSA) is 39.7 Å². The van der Waals surface area contributed by atoms with Crippen LogP contribution in [0.3, 0.4) is 0 Å². The molecule has 0 radical (unpaired) electrons. The number of nitrogens with one attached hydrogen (secondary N) is 2. The SMILES string of the molecule is CCNC(=NCC1CCCN1CC)NC1CC1c1c(F)cccc1F. The van der Waals surface area contributed by atoms with Crippen molar-refractivity contribution in [2.24, 2.45) is 4.99 Å². The fourth-order valence-corrected chi connectivity index (χ4v) is 3.75. The largest absolute Gasteiger partial charge is 0.357 e. The smallest absolute Gasteiger partial charge is 0.191 e. The van der Waals surface area contributed by atoms with Crippen LogP contribution in [0.5, 0.6) is 0 Å². The predicted octanol–water partition coefficient (Wildman–Crippen LogP) is 2.86. The molecule has 6 heteroatoms.